The number of benzene rings is 1. The quantitative estimate of drug-likeness (QED) is 0.771. The molecule has 3 rings (SSSR count). The Kier molecular flexibility index (Phi) is 5.36. The number of amides is 1. The molecular weight excluding hydrogens is 318 g/mol. The number of nitrogens with zero attached hydrogens (tertiary/aromatic N) is 3. The lowest BCUT2D eigenvalue weighted by atomic mass is 9.84. The van der Waals surface area contributed by atoms with Gasteiger partial charge in [-0.05, 0) is 51.0 Å². The zero-order chi connectivity index (χ0) is 17.8. The molecule has 0 saturated heterocycles. The Morgan fingerprint density at radius 3 is 2.60 bits per heavy atom. The Labute approximate surface area is 148 Å². The highest BCUT2D eigenvalue weighted by Crippen LogP contribution is 2.29. The molecule has 6 nitrogen and oxygen atoms in total. The number of aromatic nitrogens is 2. The molecule has 2 aromatic rings. The summed E-state index contributed by atoms with van der Waals surface area (Å²) >= 11 is 0. The second-order valence-electron chi connectivity index (χ2n) is 6.74. The summed E-state index contributed by atoms with van der Waals surface area (Å²) in [5, 5.41) is 4.04. The smallest absolute Gasteiger partial charge is 0.228 e. The van der Waals surface area contributed by atoms with Gasteiger partial charge < -0.3 is 14.2 Å². The average molecular weight is 343 g/mol. The molecule has 0 unspecified atom stereocenters. The van der Waals surface area contributed by atoms with Gasteiger partial charge in [0, 0.05) is 30.5 Å². The first kappa shape index (κ1) is 17.5. The maximum Gasteiger partial charge on any atom is 0.228 e. The standard InChI is InChI=1S/C19H25N3O3/c1-13(2)22(19(23)15-5-4-6-15)12-11-17-20-18(21-25-17)14-7-9-16(24-3)10-8-14/h7-10,13,15H,4-6,11-12H2,1-3H3. The number of methoxy groups -OCH3 is 1. The van der Waals surface area contributed by atoms with E-state index in [9.17, 15) is 4.79 Å². The van der Waals surface area contributed by atoms with Gasteiger partial charge in [-0.1, -0.05) is 11.6 Å². The van der Waals surface area contributed by atoms with Crippen LogP contribution in [0.15, 0.2) is 28.8 Å². The average Bonchev–Trinajstić information content (AvgIpc) is 3.02. The van der Waals surface area contributed by atoms with Crippen molar-refractivity contribution >= 4 is 5.91 Å². The summed E-state index contributed by atoms with van der Waals surface area (Å²) in [6.07, 6.45) is 3.77. The van der Waals surface area contributed by atoms with Gasteiger partial charge >= 0.3 is 0 Å². The minimum Gasteiger partial charge on any atom is -0.497 e. The van der Waals surface area contributed by atoms with Crippen molar-refractivity contribution in [2.75, 3.05) is 13.7 Å². The first-order valence-electron chi connectivity index (χ1n) is 8.86. The molecule has 0 radical (unpaired) electrons. The van der Waals surface area contributed by atoms with Crippen LogP contribution in [-0.2, 0) is 11.2 Å². The number of hydrogen-bond acceptors (Lipinski definition) is 5. The van der Waals surface area contributed by atoms with Gasteiger partial charge in [0.1, 0.15) is 5.75 Å². The maximum atomic E-state index is 12.5. The lowest BCUT2D eigenvalue weighted by Crippen LogP contribution is -2.44. The summed E-state index contributed by atoms with van der Waals surface area (Å²) in [6.45, 7) is 4.71. The molecule has 0 atom stereocenters. The van der Waals surface area contributed by atoms with Crippen molar-refractivity contribution in [1.29, 1.82) is 0 Å². The monoisotopic (exact) mass is 343 g/mol. The molecule has 1 aromatic carbocycles. The molecule has 1 fully saturated rings. The Balaban J connectivity index is 1.62. The third kappa shape index (κ3) is 4.00. The zero-order valence-corrected chi connectivity index (χ0v) is 15.1. The second kappa shape index (κ2) is 7.68. The van der Waals surface area contributed by atoms with E-state index in [0.29, 0.717) is 24.7 Å². The number of hydrogen-bond donors (Lipinski definition) is 0. The van der Waals surface area contributed by atoms with Crippen molar-refractivity contribution in [3.63, 3.8) is 0 Å². The molecule has 1 heterocycles. The van der Waals surface area contributed by atoms with Crippen LogP contribution in [0.1, 0.15) is 39.0 Å². The lowest BCUT2D eigenvalue weighted by Gasteiger charge is -2.34. The topological polar surface area (TPSA) is 68.5 Å². The van der Waals surface area contributed by atoms with E-state index in [2.05, 4.69) is 10.1 Å². The summed E-state index contributed by atoms with van der Waals surface area (Å²) in [4.78, 5) is 18.9. The summed E-state index contributed by atoms with van der Waals surface area (Å²) in [5.74, 6) is 2.36. The molecule has 1 amide bonds. The summed E-state index contributed by atoms with van der Waals surface area (Å²) in [6, 6.07) is 7.70. The zero-order valence-electron chi connectivity index (χ0n) is 15.1. The van der Waals surface area contributed by atoms with Gasteiger partial charge in [0.2, 0.25) is 17.6 Å². The highest BCUT2D eigenvalue weighted by molar-refractivity contribution is 5.79. The Morgan fingerprint density at radius 2 is 2.04 bits per heavy atom. The molecule has 0 spiro atoms. The fraction of sp³-hybridized carbons (Fsp3) is 0.526. The summed E-state index contributed by atoms with van der Waals surface area (Å²) < 4.78 is 10.5. The van der Waals surface area contributed by atoms with Crippen LogP contribution in [0.2, 0.25) is 0 Å². The van der Waals surface area contributed by atoms with E-state index in [4.69, 9.17) is 9.26 Å². The third-order valence-electron chi connectivity index (χ3n) is 4.74. The Morgan fingerprint density at radius 1 is 1.32 bits per heavy atom. The van der Waals surface area contributed by atoms with Crippen LogP contribution < -0.4 is 4.74 Å². The van der Waals surface area contributed by atoms with Crippen LogP contribution in [0.5, 0.6) is 5.75 Å². The largest absolute Gasteiger partial charge is 0.497 e. The van der Waals surface area contributed by atoms with Gasteiger partial charge in [-0.25, -0.2) is 0 Å². The Bertz CT molecular complexity index is 705. The van der Waals surface area contributed by atoms with Crippen molar-refractivity contribution in [2.45, 2.75) is 45.6 Å². The van der Waals surface area contributed by atoms with Gasteiger partial charge in [-0.15, -0.1) is 0 Å². The summed E-state index contributed by atoms with van der Waals surface area (Å²) in [5.41, 5.74) is 0.877. The fourth-order valence-corrected chi connectivity index (χ4v) is 2.94. The number of ether oxygens (including phenoxy) is 1. The maximum absolute atomic E-state index is 12.5. The van der Waals surface area contributed by atoms with Gasteiger partial charge in [-0.3, -0.25) is 4.79 Å². The molecule has 0 N–H and O–H groups in total. The highest BCUT2D eigenvalue weighted by Gasteiger charge is 2.30. The van der Waals surface area contributed by atoms with Crippen LogP contribution in [0.3, 0.4) is 0 Å². The predicted molar refractivity (Wildman–Crippen MR) is 94.2 cm³/mol. The minimum atomic E-state index is 0.178. The van der Waals surface area contributed by atoms with Crippen molar-refractivity contribution in [3.8, 4) is 17.1 Å². The fourth-order valence-electron chi connectivity index (χ4n) is 2.94. The van der Waals surface area contributed by atoms with Crippen LogP contribution >= 0.6 is 0 Å². The van der Waals surface area contributed by atoms with Gasteiger partial charge in [0.15, 0.2) is 0 Å². The van der Waals surface area contributed by atoms with Crippen LogP contribution in [-0.4, -0.2) is 40.6 Å². The SMILES string of the molecule is COc1ccc(-c2noc(CCN(C(=O)C3CCC3)C(C)C)n2)cc1. The third-order valence-corrected chi connectivity index (χ3v) is 4.74. The molecule has 134 valence electrons. The molecule has 6 heteroatoms. The minimum absolute atomic E-state index is 0.178. The summed E-state index contributed by atoms with van der Waals surface area (Å²) in [7, 11) is 1.63. The molecule has 1 aliphatic carbocycles. The molecule has 0 aliphatic heterocycles. The molecule has 1 aliphatic rings. The van der Waals surface area contributed by atoms with Crippen molar-refractivity contribution in [2.24, 2.45) is 5.92 Å². The van der Waals surface area contributed by atoms with Crippen molar-refractivity contribution in [3.05, 3.63) is 30.2 Å². The molecular formula is C19H25N3O3. The van der Waals surface area contributed by atoms with Crippen molar-refractivity contribution < 1.29 is 14.1 Å². The molecule has 1 aromatic heterocycles. The normalized spacial score (nSPS) is 14.4. The number of carbonyl (C=O) groups excluding carboxylic acids is 1. The van der Waals surface area contributed by atoms with E-state index in [0.717, 1.165) is 30.6 Å². The molecule has 0 bridgehead atoms. The van der Waals surface area contributed by atoms with E-state index >= 15 is 0 Å². The first-order valence-corrected chi connectivity index (χ1v) is 8.86. The van der Waals surface area contributed by atoms with Gasteiger partial charge in [-0.2, -0.15) is 4.98 Å². The van der Waals surface area contributed by atoms with E-state index in [1.807, 2.05) is 43.0 Å². The van der Waals surface area contributed by atoms with E-state index in [-0.39, 0.29) is 17.9 Å². The van der Waals surface area contributed by atoms with E-state index in [1.165, 1.54) is 0 Å². The van der Waals surface area contributed by atoms with Crippen molar-refractivity contribution in [1.82, 2.24) is 15.0 Å². The van der Waals surface area contributed by atoms with Gasteiger partial charge in [0.05, 0.1) is 7.11 Å². The van der Waals surface area contributed by atoms with E-state index in [1.54, 1.807) is 7.11 Å². The van der Waals surface area contributed by atoms with Crippen LogP contribution in [0.25, 0.3) is 11.4 Å². The van der Waals surface area contributed by atoms with Gasteiger partial charge in [0.25, 0.3) is 0 Å². The predicted octanol–water partition coefficient (Wildman–Crippen LogP) is 3.32. The molecule has 1 saturated carbocycles. The highest BCUT2D eigenvalue weighted by atomic mass is 16.5. The first-order chi connectivity index (χ1) is 12.1. The van der Waals surface area contributed by atoms with Crippen LogP contribution in [0, 0.1) is 5.92 Å². The number of carbonyl (C=O) groups is 1. The lowest BCUT2D eigenvalue weighted by molar-refractivity contribution is -0.139. The Hall–Kier alpha value is -2.37. The second-order valence-corrected chi connectivity index (χ2v) is 6.74. The molecule has 25 heavy (non-hydrogen) atoms. The van der Waals surface area contributed by atoms with E-state index < -0.39 is 0 Å². The number of rotatable bonds is 7. The van der Waals surface area contributed by atoms with Crippen LogP contribution in [0.4, 0.5) is 0 Å².